The number of carbonyl (C=O) groups excluding carboxylic acids is 1. The number of hydrogen-bond acceptors (Lipinski definition) is 5. The van der Waals surface area contributed by atoms with Crippen molar-refractivity contribution in [1.82, 2.24) is 4.98 Å². The monoisotopic (exact) mass is 352 g/mol. The normalized spacial score (nSPS) is 10.6. The maximum absolute atomic E-state index is 11.2. The zero-order chi connectivity index (χ0) is 17.8. The predicted molar refractivity (Wildman–Crippen MR) is 97.6 cm³/mol. The Bertz CT molecular complexity index is 884. The van der Waals surface area contributed by atoms with Crippen molar-refractivity contribution in [3.05, 3.63) is 59.0 Å². The molecule has 4 nitrogen and oxygen atoms in total. The molecule has 1 heterocycles. The van der Waals surface area contributed by atoms with E-state index in [0.29, 0.717) is 16.3 Å². The molecular formula is C20H18NO3S-. The highest BCUT2D eigenvalue weighted by atomic mass is 32.1. The van der Waals surface area contributed by atoms with Gasteiger partial charge in [-0.15, -0.1) is 11.3 Å². The van der Waals surface area contributed by atoms with Crippen LogP contribution in [-0.2, 0) is 17.6 Å². The average Bonchev–Trinajstić information content (AvgIpc) is 3.04. The molecule has 0 aliphatic rings. The summed E-state index contributed by atoms with van der Waals surface area (Å²) in [5.74, 6) is -0.397. The molecule has 0 saturated heterocycles. The first-order chi connectivity index (χ1) is 12.1. The van der Waals surface area contributed by atoms with E-state index in [-0.39, 0.29) is 6.42 Å². The average molecular weight is 352 g/mol. The molecule has 0 N–H and O–H groups in total. The second-order valence-corrected chi connectivity index (χ2v) is 6.67. The van der Waals surface area contributed by atoms with Crippen LogP contribution in [0.15, 0.2) is 48.5 Å². The van der Waals surface area contributed by atoms with E-state index in [4.69, 9.17) is 9.72 Å². The molecule has 0 atom stereocenters. The summed E-state index contributed by atoms with van der Waals surface area (Å²) in [6.45, 7) is 2.10. The maximum Gasteiger partial charge on any atom is 0.129 e. The summed E-state index contributed by atoms with van der Waals surface area (Å²) in [6.07, 6.45) is 0.799. The predicted octanol–water partition coefficient (Wildman–Crippen LogP) is 3.34. The number of aromatic nitrogens is 1. The zero-order valence-electron chi connectivity index (χ0n) is 14.1. The Hall–Kier alpha value is -2.66. The maximum atomic E-state index is 11.2. The van der Waals surface area contributed by atoms with Crippen LogP contribution in [0.1, 0.15) is 17.4 Å². The summed E-state index contributed by atoms with van der Waals surface area (Å²) in [7, 11) is 1.61. The van der Waals surface area contributed by atoms with Crippen LogP contribution in [0.4, 0.5) is 0 Å². The van der Waals surface area contributed by atoms with Crippen LogP contribution in [0.3, 0.4) is 0 Å². The minimum absolute atomic E-state index is 0.155. The molecule has 0 radical (unpaired) electrons. The van der Waals surface area contributed by atoms with Crippen LogP contribution < -0.4 is 9.84 Å². The molecule has 3 rings (SSSR count). The fourth-order valence-corrected chi connectivity index (χ4v) is 3.76. The van der Waals surface area contributed by atoms with Crippen LogP contribution in [0.2, 0.25) is 0 Å². The molecular weight excluding hydrogens is 334 g/mol. The highest BCUT2D eigenvalue weighted by Crippen LogP contribution is 2.38. The number of ether oxygens (including phenoxy) is 1. The van der Waals surface area contributed by atoms with Crippen LogP contribution >= 0.6 is 11.3 Å². The van der Waals surface area contributed by atoms with Gasteiger partial charge in [0.25, 0.3) is 0 Å². The second kappa shape index (κ2) is 7.49. The van der Waals surface area contributed by atoms with Crippen molar-refractivity contribution < 1.29 is 14.6 Å². The van der Waals surface area contributed by atoms with Gasteiger partial charge in [-0.1, -0.05) is 43.3 Å². The van der Waals surface area contributed by atoms with Crippen molar-refractivity contribution in [2.75, 3.05) is 7.11 Å². The first-order valence-electron chi connectivity index (χ1n) is 8.04. The minimum Gasteiger partial charge on any atom is -0.550 e. The molecule has 0 bridgehead atoms. The third kappa shape index (κ3) is 3.72. The highest BCUT2D eigenvalue weighted by Gasteiger charge is 2.17. The van der Waals surface area contributed by atoms with Crippen molar-refractivity contribution in [1.29, 1.82) is 0 Å². The van der Waals surface area contributed by atoms with Crippen LogP contribution in [0.5, 0.6) is 5.75 Å². The van der Waals surface area contributed by atoms with Gasteiger partial charge in [0, 0.05) is 22.8 Å². The van der Waals surface area contributed by atoms with E-state index in [0.717, 1.165) is 22.6 Å². The number of hydrogen-bond donors (Lipinski definition) is 0. The fourth-order valence-electron chi connectivity index (χ4n) is 2.66. The number of aliphatic carboxylic acids is 1. The van der Waals surface area contributed by atoms with E-state index in [1.807, 2.05) is 48.5 Å². The van der Waals surface area contributed by atoms with Gasteiger partial charge in [-0.05, 0) is 24.1 Å². The first-order valence-corrected chi connectivity index (χ1v) is 8.86. The Morgan fingerprint density at radius 3 is 2.52 bits per heavy atom. The summed E-state index contributed by atoms with van der Waals surface area (Å²) in [5, 5.41) is 11.9. The van der Waals surface area contributed by atoms with Gasteiger partial charge >= 0.3 is 0 Å². The first kappa shape index (κ1) is 17.2. The number of rotatable bonds is 6. The Balaban J connectivity index is 2.10. The lowest BCUT2D eigenvalue weighted by Crippen LogP contribution is -2.24. The zero-order valence-corrected chi connectivity index (χ0v) is 14.9. The van der Waals surface area contributed by atoms with Crippen molar-refractivity contribution in [3.8, 4) is 27.6 Å². The largest absolute Gasteiger partial charge is 0.550 e. The minimum atomic E-state index is -1.11. The Kier molecular flexibility index (Phi) is 5.14. The van der Waals surface area contributed by atoms with Gasteiger partial charge in [-0.2, -0.15) is 0 Å². The smallest absolute Gasteiger partial charge is 0.129 e. The molecule has 0 unspecified atom stereocenters. The van der Waals surface area contributed by atoms with Crippen LogP contribution in [-0.4, -0.2) is 18.1 Å². The molecule has 0 amide bonds. The van der Waals surface area contributed by atoms with Crippen LogP contribution in [0, 0.1) is 0 Å². The van der Waals surface area contributed by atoms with E-state index < -0.39 is 5.97 Å². The lowest BCUT2D eigenvalue weighted by atomic mass is 10.1. The van der Waals surface area contributed by atoms with Crippen molar-refractivity contribution in [2.45, 2.75) is 19.8 Å². The van der Waals surface area contributed by atoms with Gasteiger partial charge in [0.15, 0.2) is 0 Å². The molecule has 0 saturated carbocycles. The van der Waals surface area contributed by atoms with Gasteiger partial charge in [-0.25, -0.2) is 4.98 Å². The van der Waals surface area contributed by atoms with Crippen molar-refractivity contribution >= 4 is 17.3 Å². The second-order valence-electron chi connectivity index (χ2n) is 5.59. The molecule has 0 aliphatic carbocycles. The third-order valence-corrected chi connectivity index (χ3v) is 5.06. The summed E-state index contributed by atoms with van der Waals surface area (Å²) < 4.78 is 5.40. The van der Waals surface area contributed by atoms with Gasteiger partial charge in [-0.3, -0.25) is 0 Å². The number of methoxy groups -OCH3 is 1. The lowest BCUT2D eigenvalue weighted by molar-refractivity contribution is -0.304. The number of para-hydroxylation sites is 1. The van der Waals surface area contributed by atoms with Gasteiger partial charge in [0.05, 0.1) is 18.4 Å². The lowest BCUT2D eigenvalue weighted by Gasteiger charge is -2.05. The highest BCUT2D eigenvalue weighted by molar-refractivity contribution is 7.15. The molecule has 5 heteroatoms. The quantitative estimate of drug-likeness (QED) is 0.683. The van der Waals surface area contributed by atoms with Crippen molar-refractivity contribution in [3.63, 3.8) is 0 Å². The van der Waals surface area contributed by atoms with E-state index in [9.17, 15) is 9.90 Å². The topological polar surface area (TPSA) is 62.2 Å². The number of nitrogens with zero attached hydrogens (tertiary/aromatic N) is 1. The summed E-state index contributed by atoms with van der Waals surface area (Å²) in [4.78, 5) is 16.6. The Morgan fingerprint density at radius 1 is 1.16 bits per heavy atom. The Labute approximate surface area is 150 Å². The summed E-state index contributed by atoms with van der Waals surface area (Å²) >= 11 is 1.36. The van der Waals surface area contributed by atoms with Crippen LogP contribution in [0.25, 0.3) is 21.8 Å². The van der Waals surface area contributed by atoms with E-state index in [1.165, 1.54) is 16.9 Å². The van der Waals surface area contributed by atoms with Gasteiger partial charge < -0.3 is 14.6 Å². The summed E-state index contributed by atoms with van der Waals surface area (Å²) in [5.41, 5.74) is 3.68. The summed E-state index contributed by atoms with van der Waals surface area (Å²) in [6, 6.07) is 15.6. The van der Waals surface area contributed by atoms with E-state index in [1.54, 1.807) is 7.11 Å². The number of benzene rings is 2. The SMILES string of the molecule is CCc1ccc(-c2nc(-c3ccccc3OC)sc2CC(=O)[O-])cc1. The van der Waals surface area contributed by atoms with E-state index >= 15 is 0 Å². The number of carboxylic acids is 1. The molecule has 1 aromatic heterocycles. The third-order valence-electron chi connectivity index (χ3n) is 3.98. The number of thiazole rings is 1. The number of carboxylic acid groups (broad SMARTS) is 1. The van der Waals surface area contributed by atoms with Gasteiger partial charge in [0.2, 0.25) is 0 Å². The molecule has 25 heavy (non-hydrogen) atoms. The molecule has 2 aromatic carbocycles. The molecule has 0 spiro atoms. The molecule has 3 aromatic rings. The molecule has 128 valence electrons. The fraction of sp³-hybridized carbons (Fsp3) is 0.200. The van der Waals surface area contributed by atoms with Crippen molar-refractivity contribution in [2.24, 2.45) is 0 Å². The number of carbonyl (C=O) groups is 1. The molecule has 0 aliphatic heterocycles. The molecule has 0 fully saturated rings. The number of aryl methyl sites for hydroxylation is 1. The Morgan fingerprint density at radius 2 is 1.88 bits per heavy atom. The van der Waals surface area contributed by atoms with E-state index in [2.05, 4.69) is 6.92 Å². The van der Waals surface area contributed by atoms with Gasteiger partial charge in [0.1, 0.15) is 10.8 Å². The standard InChI is InChI=1S/C20H19NO3S/c1-3-13-8-10-14(11-9-13)19-17(12-18(22)23)25-20(21-19)15-6-4-5-7-16(15)24-2/h4-11H,3,12H2,1-2H3,(H,22,23)/p-1.